The second-order valence-electron chi connectivity index (χ2n) is 13.1. The maximum absolute atomic E-state index is 13.8. The summed E-state index contributed by atoms with van der Waals surface area (Å²) < 4.78 is 53.7. The summed E-state index contributed by atoms with van der Waals surface area (Å²) in [5, 5.41) is 15.5. The van der Waals surface area contributed by atoms with Crippen LogP contribution >= 0.6 is 0 Å². The molecule has 0 bridgehead atoms. The van der Waals surface area contributed by atoms with Crippen LogP contribution in [0.25, 0.3) is 11.0 Å². The highest BCUT2D eigenvalue weighted by Crippen LogP contribution is 2.68. The molecule has 0 aliphatic heterocycles. The zero-order chi connectivity index (χ0) is 29.6. The highest BCUT2D eigenvalue weighted by molar-refractivity contribution is 5.84. The van der Waals surface area contributed by atoms with Crippen molar-refractivity contribution in [3.63, 3.8) is 0 Å². The molecule has 0 radical (unpaired) electrons. The normalized spacial score (nSPS) is 36.5. The molecule has 228 valence electrons. The molecule has 4 aliphatic carbocycles. The summed E-state index contributed by atoms with van der Waals surface area (Å²) >= 11 is 0. The first-order valence-corrected chi connectivity index (χ1v) is 15.0. The first-order valence-electron chi connectivity index (χ1n) is 15.0. The van der Waals surface area contributed by atoms with E-state index in [2.05, 4.69) is 17.2 Å². The van der Waals surface area contributed by atoms with E-state index in [1.165, 1.54) is 0 Å². The number of aliphatic hydroxyl groups is 1. The Bertz CT molecular complexity index is 1230. The standard InChI is InChI=1S/C30H40F3N3O3.CH4O/c1-28-12-11-23-21(6-4-18-14-19(30(31,32)33)10-13-29(18,23)17-38-2)22(28)7-8-24(28)27(37)16-36-26-9-5-20(39-3)15-25(26)34-35-36;1-2/h5,9,15,18-19,21-24H,4,6-8,10-14,16-17H2,1-3H3;2H,1H3/t18-,19+,21+,22?,23?,24-,28+,29-;/m1./s1. The van der Waals surface area contributed by atoms with Crippen LogP contribution in [0, 0.1) is 46.3 Å². The Hall–Kier alpha value is -2.20. The Morgan fingerprint density at radius 1 is 1.07 bits per heavy atom. The van der Waals surface area contributed by atoms with E-state index < -0.39 is 12.1 Å². The number of nitrogens with zero attached hydrogens (tertiary/aromatic N) is 3. The molecule has 4 saturated carbocycles. The molecular formula is C31H44F3N3O4. The molecule has 1 N–H and O–H groups in total. The van der Waals surface area contributed by atoms with Gasteiger partial charge in [-0.25, -0.2) is 4.68 Å². The molecule has 7 nitrogen and oxygen atoms in total. The zero-order valence-electron chi connectivity index (χ0n) is 24.6. The van der Waals surface area contributed by atoms with Gasteiger partial charge in [0.15, 0.2) is 5.78 Å². The van der Waals surface area contributed by atoms with E-state index in [0.29, 0.717) is 42.0 Å². The van der Waals surface area contributed by atoms with Crippen molar-refractivity contribution in [2.75, 3.05) is 27.9 Å². The summed E-state index contributed by atoms with van der Waals surface area (Å²) in [6, 6.07) is 5.58. The molecule has 4 aliphatic rings. The third-order valence-corrected chi connectivity index (χ3v) is 11.7. The van der Waals surface area contributed by atoms with Crippen LogP contribution in [-0.2, 0) is 16.1 Å². The van der Waals surface area contributed by atoms with Crippen molar-refractivity contribution >= 4 is 16.8 Å². The Morgan fingerprint density at radius 2 is 1.85 bits per heavy atom. The molecule has 8 atom stereocenters. The number of hydrogen-bond donors (Lipinski definition) is 1. The summed E-state index contributed by atoms with van der Waals surface area (Å²) in [5.41, 5.74) is 1.28. The average Bonchev–Trinajstić information content (AvgIpc) is 3.53. The summed E-state index contributed by atoms with van der Waals surface area (Å²) in [4.78, 5) is 13.8. The molecule has 1 aromatic carbocycles. The Morgan fingerprint density at radius 3 is 2.56 bits per heavy atom. The Kier molecular flexibility index (Phi) is 8.47. The van der Waals surface area contributed by atoms with Crippen LogP contribution in [0.3, 0.4) is 0 Å². The van der Waals surface area contributed by atoms with E-state index in [0.717, 1.165) is 51.2 Å². The lowest BCUT2D eigenvalue weighted by Gasteiger charge is -2.62. The number of rotatable bonds is 6. The number of methoxy groups -OCH3 is 2. The summed E-state index contributed by atoms with van der Waals surface area (Å²) in [6.07, 6.45) is 2.59. The number of Topliss-reactive ketones (excluding diaryl/α,β-unsaturated/α-hetero) is 1. The highest BCUT2D eigenvalue weighted by atomic mass is 19.4. The topological polar surface area (TPSA) is 86.5 Å². The van der Waals surface area contributed by atoms with Gasteiger partial charge in [0.1, 0.15) is 17.8 Å². The maximum atomic E-state index is 13.8. The van der Waals surface area contributed by atoms with Gasteiger partial charge >= 0.3 is 6.18 Å². The van der Waals surface area contributed by atoms with Crippen LogP contribution in [0.5, 0.6) is 5.75 Å². The summed E-state index contributed by atoms with van der Waals surface area (Å²) in [7, 11) is 4.31. The van der Waals surface area contributed by atoms with E-state index >= 15 is 0 Å². The van der Waals surface area contributed by atoms with Crippen molar-refractivity contribution in [2.45, 2.75) is 77.4 Å². The van der Waals surface area contributed by atoms with Gasteiger partial charge in [-0.2, -0.15) is 13.2 Å². The monoisotopic (exact) mass is 579 g/mol. The number of ether oxygens (including phenoxy) is 2. The van der Waals surface area contributed by atoms with Gasteiger partial charge < -0.3 is 14.6 Å². The molecular weight excluding hydrogens is 535 g/mol. The van der Waals surface area contributed by atoms with Gasteiger partial charge in [0, 0.05) is 26.2 Å². The van der Waals surface area contributed by atoms with Gasteiger partial charge in [0.2, 0.25) is 0 Å². The van der Waals surface area contributed by atoms with Gasteiger partial charge in [-0.1, -0.05) is 12.1 Å². The van der Waals surface area contributed by atoms with Crippen molar-refractivity contribution in [1.29, 1.82) is 0 Å². The van der Waals surface area contributed by atoms with Crippen LogP contribution in [-0.4, -0.2) is 60.0 Å². The number of hydrogen-bond acceptors (Lipinski definition) is 6. The fraction of sp³-hybridized carbons (Fsp3) is 0.774. The number of aromatic nitrogens is 3. The second kappa shape index (κ2) is 11.5. The van der Waals surface area contributed by atoms with E-state index in [1.54, 1.807) is 18.9 Å². The number of carbonyl (C=O) groups excluding carboxylic acids is 1. The average molecular weight is 580 g/mol. The molecule has 2 unspecified atom stereocenters. The minimum atomic E-state index is -4.11. The number of aliphatic hydroxyl groups excluding tert-OH is 1. The molecule has 1 aromatic heterocycles. The number of fused-ring (bicyclic) bond motifs is 6. The SMILES string of the molecule is CO.COC[C@]12CC[C@H](C(F)(F)F)C[C@H]1CC[C@@H]1C2CC[C@@]2(C)C1CC[C@@H]2C(=O)Cn1nnc2cc(OC)ccc21. The Labute approximate surface area is 240 Å². The van der Waals surface area contributed by atoms with Crippen molar-refractivity contribution in [3.05, 3.63) is 18.2 Å². The highest BCUT2D eigenvalue weighted by Gasteiger charge is 2.63. The number of alkyl halides is 3. The third-order valence-electron chi connectivity index (χ3n) is 11.7. The first-order chi connectivity index (χ1) is 19.6. The minimum absolute atomic E-state index is 0.0296. The van der Waals surface area contributed by atoms with Gasteiger partial charge in [-0.15, -0.1) is 5.10 Å². The van der Waals surface area contributed by atoms with Crippen LogP contribution in [0.4, 0.5) is 13.2 Å². The van der Waals surface area contributed by atoms with Crippen LogP contribution in [0.15, 0.2) is 18.2 Å². The molecule has 2 aromatic rings. The number of benzene rings is 1. The largest absolute Gasteiger partial charge is 0.497 e. The Balaban J connectivity index is 0.00000165. The van der Waals surface area contributed by atoms with Crippen molar-refractivity contribution in [2.24, 2.45) is 46.3 Å². The van der Waals surface area contributed by atoms with Crippen LogP contribution < -0.4 is 4.74 Å². The second-order valence-corrected chi connectivity index (χ2v) is 13.1. The lowest BCUT2D eigenvalue weighted by Crippen LogP contribution is -2.57. The molecule has 1 heterocycles. The van der Waals surface area contributed by atoms with E-state index in [-0.39, 0.29) is 47.8 Å². The molecule has 0 amide bonds. The van der Waals surface area contributed by atoms with Gasteiger partial charge in [0.25, 0.3) is 0 Å². The van der Waals surface area contributed by atoms with E-state index in [4.69, 9.17) is 14.6 Å². The predicted molar refractivity (Wildman–Crippen MR) is 148 cm³/mol. The zero-order valence-corrected chi connectivity index (χ0v) is 24.6. The van der Waals surface area contributed by atoms with Gasteiger partial charge in [-0.3, -0.25) is 4.79 Å². The quantitative estimate of drug-likeness (QED) is 0.446. The summed E-state index contributed by atoms with van der Waals surface area (Å²) in [5.74, 6) is 1.04. The lowest BCUT2D eigenvalue weighted by molar-refractivity contribution is -0.217. The number of carbonyl (C=O) groups is 1. The molecule has 41 heavy (non-hydrogen) atoms. The van der Waals surface area contributed by atoms with Gasteiger partial charge in [0.05, 0.1) is 25.2 Å². The smallest absolute Gasteiger partial charge is 0.391 e. The fourth-order valence-corrected chi connectivity index (χ4v) is 9.88. The van der Waals surface area contributed by atoms with E-state index in [1.807, 2.05) is 18.2 Å². The molecule has 0 spiro atoms. The fourth-order valence-electron chi connectivity index (χ4n) is 9.88. The predicted octanol–water partition coefficient (Wildman–Crippen LogP) is 6.08. The first kappa shape index (κ1) is 30.3. The van der Waals surface area contributed by atoms with Crippen LogP contribution in [0.2, 0.25) is 0 Å². The third kappa shape index (κ3) is 5.07. The number of ketones is 1. The van der Waals surface area contributed by atoms with Crippen molar-refractivity contribution in [1.82, 2.24) is 15.0 Å². The number of halogens is 3. The molecule has 10 heteroatoms. The maximum Gasteiger partial charge on any atom is 0.391 e. The molecule has 6 rings (SSSR count). The lowest BCUT2D eigenvalue weighted by atomic mass is 9.43. The van der Waals surface area contributed by atoms with Gasteiger partial charge in [-0.05, 0) is 104 Å². The minimum Gasteiger partial charge on any atom is -0.497 e. The van der Waals surface area contributed by atoms with Crippen molar-refractivity contribution in [3.8, 4) is 5.75 Å². The van der Waals surface area contributed by atoms with Crippen molar-refractivity contribution < 1.29 is 32.5 Å². The molecule has 0 saturated heterocycles. The molecule has 4 fully saturated rings. The van der Waals surface area contributed by atoms with E-state index in [9.17, 15) is 18.0 Å². The van der Waals surface area contributed by atoms with Crippen LogP contribution in [0.1, 0.15) is 64.7 Å². The summed E-state index contributed by atoms with van der Waals surface area (Å²) in [6.45, 7) is 3.07.